The summed E-state index contributed by atoms with van der Waals surface area (Å²) in [5.74, 6) is 0. The molecule has 2 heteroatoms. The number of nitriles is 1. The molecular weight excluding hydrogens is 118 g/mol. The maximum Gasteiger partial charge on any atom is 0.101 e. The van der Waals surface area contributed by atoms with Crippen molar-refractivity contribution in [3.63, 3.8) is 0 Å². The largest absolute Gasteiger partial charge is 0.192 e. The molecule has 0 aliphatic rings. The van der Waals surface area contributed by atoms with Crippen molar-refractivity contribution >= 4 is 11.3 Å². The molecular formula is C6H4NS. The normalized spacial score (nSPS) is 8.50. The lowest BCUT2D eigenvalue weighted by Crippen LogP contribution is -1.58. The molecule has 1 aromatic heterocycles. The highest BCUT2D eigenvalue weighted by Gasteiger charge is 1.90. The molecule has 1 rings (SSSR count). The van der Waals surface area contributed by atoms with Crippen molar-refractivity contribution < 1.29 is 0 Å². The van der Waals surface area contributed by atoms with Crippen molar-refractivity contribution in [3.8, 4) is 6.07 Å². The first-order valence-electron chi connectivity index (χ1n) is 2.21. The average molecular weight is 122 g/mol. The van der Waals surface area contributed by atoms with Crippen LogP contribution in [0.4, 0.5) is 0 Å². The van der Waals surface area contributed by atoms with Gasteiger partial charge >= 0.3 is 0 Å². The summed E-state index contributed by atoms with van der Waals surface area (Å²) in [6.45, 7) is 1.96. The number of thiophene rings is 1. The highest BCUT2D eigenvalue weighted by atomic mass is 32.1. The van der Waals surface area contributed by atoms with Gasteiger partial charge in [0.05, 0.1) is 10.9 Å². The molecule has 1 heterocycles. The average Bonchev–Trinajstić information content (AvgIpc) is 2.14. The van der Waals surface area contributed by atoms with Crippen molar-refractivity contribution in [1.29, 1.82) is 5.26 Å². The molecule has 0 N–H and O–H groups in total. The Labute approximate surface area is 52.2 Å². The zero-order chi connectivity index (χ0) is 5.98. The van der Waals surface area contributed by atoms with Crippen molar-refractivity contribution in [1.82, 2.24) is 0 Å². The van der Waals surface area contributed by atoms with E-state index in [0.717, 1.165) is 4.88 Å². The molecule has 1 nitrogen and oxygen atoms in total. The zero-order valence-corrected chi connectivity index (χ0v) is 5.25. The Kier molecular flexibility index (Phi) is 1.32. The molecule has 0 aliphatic heterocycles. The molecule has 0 unspecified atom stereocenters. The van der Waals surface area contributed by atoms with E-state index in [9.17, 15) is 0 Å². The van der Waals surface area contributed by atoms with Gasteiger partial charge in [0.15, 0.2) is 0 Å². The summed E-state index contributed by atoms with van der Waals surface area (Å²) in [6.07, 6.45) is 0. The van der Waals surface area contributed by atoms with Crippen LogP contribution in [0, 0.1) is 23.6 Å². The zero-order valence-electron chi connectivity index (χ0n) is 4.43. The lowest BCUT2D eigenvalue weighted by atomic mass is 10.3. The molecule has 0 aromatic carbocycles. The summed E-state index contributed by atoms with van der Waals surface area (Å²) in [5.41, 5.74) is 0.646. The number of hydrogen-bond donors (Lipinski definition) is 0. The van der Waals surface area contributed by atoms with Gasteiger partial charge in [-0.3, -0.25) is 0 Å². The van der Waals surface area contributed by atoms with E-state index in [-0.39, 0.29) is 0 Å². The summed E-state index contributed by atoms with van der Waals surface area (Å²) in [5, 5.41) is 11.1. The molecule has 39 valence electrons. The van der Waals surface area contributed by atoms with Crippen LogP contribution in [0.1, 0.15) is 10.4 Å². The summed E-state index contributed by atoms with van der Waals surface area (Å²) in [4.78, 5) is 1.14. The predicted molar refractivity (Wildman–Crippen MR) is 32.6 cm³/mol. The number of rotatable bonds is 0. The van der Waals surface area contributed by atoms with E-state index in [2.05, 4.69) is 5.38 Å². The summed E-state index contributed by atoms with van der Waals surface area (Å²) >= 11 is 1.48. The number of aryl methyl sites for hydroxylation is 1. The Morgan fingerprint density at radius 1 is 1.88 bits per heavy atom. The van der Waals surface area contributed by atoms with Gasteiger partial charge in [0.25, 0.3) is 0 Å². The minimum absolute atomic E-state index is 0.646. The second kappa shape index (κ2) is 1.97. The smallest absolute Gasteiger partial charge is 0.101 e. The van der Waals surface area contributed by atoms with Gasteiger partial charge in [-0.05, 0) is 13.0 Å². The maximum absolute atomic E-state index is 8.28. The fourth-order valence-electron chi connectivity index (χ4n) is 0.453. The lowest BCUT2D eigenvalue weighted by Gasteiger charge is -1.68. The van der Waals surface area contributed by atoms with E-state index in [0.29, 0.717) is 5.56 Å². The molecule has 8 heavy (non-hydrogen) atoms. The van der Waals surface area contributed by atoms with Gasteiger partial charge in [-0.2, -0.15) is 5.26 Å². The molecule has 1 aromatic rings. The van der Waals surface area contributed by atoms with Crippen LogP contribution in [0.3, 0.4) is 0 Å². The third-order valence-corrected chi connectivity index (χ3v) is 1.55. The third-order valence-electron chi connectivity index (χ3n) is 0.790. The van der Waals surface area contributed by atoms with E-state index in [1.54, 1.807) is 0 Å². The molecule has 0 atom stereocenters. The van der Waals surface area contributed by atoms with Gasteiger partial charge in [-0.15, -0.1) is 11.3 Å². The van der Waals surface area contributed by atoms with Crippen molar-refractivity contribution in [2.75, 3.05) is 0 Å². The fourth-order valence-corrected chi connectivity index (χ4v) is 1.01. The van der Waals surface area contributed by atoms with E-state index < -0.39 is 0 Å². The van der Waals surface area contributed by atoms with Gasteiger partial charge in [0, 0.05) is 4.88 Å². The predicted octanol–water partition coefficient (Wildman–Crippen LogP) is 1.73. The van der Waals surface area contributed by atoms with E-state index in [1.807, 2.05) is 19.1 Å². The number of hydrogen-bond acceptors (Lipinski definition) is 2. The molecule has 0 aliphatic carbocycles. The van der Waals surface area contributed by atoms with E-state index >= 15 is 0 Å². The second-order valence-corrected chi connectivity index (χ2v) is 2.54. The Bertz CT molecular complexity index is 219. The van der Waals surface area contributed by atoms with Gasteiger partial charge in [0.1, 0.15) is 6.07 Å². The second-order valence-electron chi connectivity index (χ2n) is 1.48. The number of nitrogens with zero attached hydrogens (tertiary/aromatic N) is 1. The monoisotopic (exact) mass is 122 g/mol. The minimum atomic E-state index is 0.646. The molecule has 0 saturated carbocycles. The highest BCUT2D eigenvalue weighted by Crippen LogP contribution is 2.09. The third kappa shape index (κ3) is 0.877. The summed E-state index contributed by atoms with van der Waals surface area (Å²) < 4.78 is 0. The van der Waals surface area contributed by atoms with Crippen LogP contribution in [0.25, 0.3) is 0 Å². The van der Waals surface area contributed by atoms with E-state index in [1.165, 1.54) is 11.3 Å². The van der Waals surface area contributed by atoms with Crippen LogP contribution < -0.4 is 0 Å². The molecule has 1 radical (unpaired) electrons. The molecule has 0 bridgehead atoms. The Morgan fingerprint density at radius 2 is 2.62 bits per heavy atom. The van der Waals surface area contributed by atoms with Crippen LogP contribution >= 0.6 is 11.3 Å². The molecule has 0 fully saturated rings. The fraction of sp³-hybridized carbons (Fsp3) is 0.167. The molecule has 0 spiro atoms. The standard InChI is InChI=1S/C6H4NS/c1-5-2-6(3-7)4-8-5/h2H,1H3. The van der Waals surface area contributed by atoms with Gasteiger partial charge < -0.3 is 0 Å². The van der Waals surface area contributed by atoms with Crippen molar-refractivity contribution in [2.24, 2.45) is 0 Å². The van der Waals surface area contributed by atoms with Crippen LogP contribution in [0.15, 0.2) is 6.07 Å². The van der Waals surface area contributed by atoms with Crippen LogP contribution in [0.2, 0.25) is 0 Å². The minimum Gasteiger partial charge on any atom is -0.192 e. The highest BCUT2D eigenvalue weighted by molar-refractivity contribution is 7.09. The lowest BCUT2D eigenvalue weighted by molar-refractivity contribution is 1.50. The van der Waals surface area contributed by atoms with Crippen molar-refractivity contribution in [3.05, 3.63) is 21.9 Å². The first-order valence-corrected chi connectivity index (χ1v) is 3.03. The molecule has 0 saturated heterocycles. The van der Waals surface area contributed by atoms with Gasteiger partial charge in [0.2, 0.25) is 0 Å². The topological polar surface area (TPSA) is 23.8 Å². The Morgan fingerprint density at radius 3 is 2.88 bits per heavy atom. The SMILES string of the molecule is Cc1cc(C#N)[c]s1. The van der Waals surface area contributed by atoms with E-state index in [4.69, 9.17) is 5.26 Å². The van der Waals surface area contributed by atoms with Gasteiger partial charge in [-0.25, -0.2) is 0 Å². The van der Waals surface area contributed by atoms with Crippen LogP contribution in [0.5, 0.6) is 0 Å². The van der Waals surface area contributed by atoms with Crippen molar-refractivity contribution in [2.45, 2.75) is 6.92 Å². The van der Waals surface area contributed by atoms with Crippen LogP contribution in [-0.2, 0) is 0 Å². The summed E-state index contributed by atoms with van der Waals surface area (Å²) in [7, 11) is 0. The maximum atomic E-state index is 8.28. The molecule has 0 amide bonds. The van der Waals surface area contributed by atoms with Gasteiger partial charge in [-0.1, -0.05) is 0 Å². The first-order chi connectivity index (χ1) is 3.83. The Hall–Kier alpha value is -0.810. The quantitative estimate of drug-likeness (QED) is 0.514. The first kappa shape index (κ1) is 5.33. The Balaban J connectivity index is 3.05. The van der Waals surface area contributed by atoms with Crippen LogP contribution in [-0.4, -0.2) is 0 Å². The summed E-state index contributed by atoms with van der Waals surface area (Å²) in [6, 6.07) is 3.83.